The third kappa shape index (κ3) is 3.74. The number of rotatable bonds is 3. The van der Waals surface area contributed by atoms with E-state index in [4.69, 9.17) is 4.74 Å². The molecule has 1 N–H and O–H groups in total. The van der Waals surface area contributed by atoms with Gasteiger partial charge in [0.25, 0.3) is 0 Å². The SMILES string of the molecule is CCNC(=O)N1CCN([C@@H]2C[C@@H]3CO[C@H](c4ccccc4)C[C@@H]3C2)CC1. The largest absolute Gasteiger partial charge is 0.373 e. The Morgan fingerprint density at radius 1 is 1.08 bits per heavy atom. The molecule has 1 aromatic carbocycles. The highest BCUT2D eigenvalue weighted by Crippen LogP contribution is 2.45. The number of hydrogen-bond acceptors (Lipinski definition) is 3. The Hall–Kier alpha value is -1.59. The van der Waals surface area contributed by atoms with Crippen LogP contribution < -0.4 is 5.32 Å². The van der Waals surface area contributed by atoms with Gasteiger partial charge < -0.3 is 15.0 Å². The molecular weight excluding hydrogens is 326 g/mol. The van der Waals surface area contributed by atoms with Gasteiger partial charge in [0, 0.05) is 38.8 Å². The molecule has 0 spiro atoms. The van der Waals surface area contributed by atoms with Gasteiger partial charge in [-0.25, -0.2) is 4.79 Å². The van der Waals surface area contributed by atoms with Gasteiger partial charge in [-0.15, -0.1) is 0 Å². The summed E-state index contributed by atoms with van der Waals surface area (Å²) >= 11 is 0. The molecule has 2 amide bonds. The van der Waals surface area contributed by atoms with Crippen molar-refractivity contribution in [2.24, 2.45) is 11.8 Å². The summed E-state index contributed by atoms with van der Waals surface area (Å²) in [5.74, 6) is 1.49. The Bertz CT molecular complexity index is 601. The van der Waals surface area contributed by atoms with Gasteiger partial charge in [-0.2, -0.15) is 0 Å². The average molecular weight is 357 g/mol. The van der Waals surface area contributed by atoms with E-state index in [0.717, 1.165) is 45.1 Å². The molecule has 142 valence electrons. The van der Waals surface area contributed by atoms with Crippen molar-refractivity contribution in [2.75, 3.05) is 39.3 Å². The van der Waals surface area contributed by atoms with Gasteiger partial charge in [-0.3, -0.25) is 4.90 Å². The van der Waals surface area contributed by atoms with Crippen molar-refractivity contribution in [2.45, 2.75) is 38.3 Å². The summed E-state index contributed by atoms with van der Waals surface area (Å²) in [6.45, 7) is 7.28. The van der Waals surface area contributed by atoms with Crippen LogP contribution in [0.4, 0.5) is 4.79 Å². The highest BCUT2D eigenvalue weighted by atomic mass is 16.5. The first-order valence-corrected chi connectivity index (χ1v) is 10.2. The number of hydrogen-bond donors (Lipinski definition) is 1. The van der Waals surface area contributed by atoms with Gasteiger partial charge >= 0.3 is 6.03 Å². The Balaban J connectivity index is 1.30. The molecule has 0 radical (unpaired) electrons. The van der Waals surface area contributed by atoms with E-state index in [0.29, 0.717) is 18.5 Å². The van der Waals surface area contributed by atoms with Crippen molar-refractivity contribution in [3.63, 3.8) is 0 Å². The summed E-state index contributed by atoms with van der Waals surface area (Å²) in [7, 11) is 0. The fourth-order valence-corrected chi connectivity index (χ4v) is 5.01. The molecule has 2 aliphatic heterocycles. The summed E-state index contributed by atoms with van der Waals surface area (Å²) < 4.78 is 6.21. The molecule has 5 heteroatoms. The molecule has 1 aromatic rings. The zero-order valence-corrected chi connectivity index (χ0v) is 15.8. The van der Waals surface area contributed by atoms with Crippen molar-refractivity contribution in [3.8, 4) is 0 Å². The van der Waals surface area contributed by atoms with E-state index in [9.17, 15) is 4.79 Å². The second-order valence-corrected chi connectivity index (χ2v) is 7.97. The molecule has 2 saturated heterocycles. The summed E-state index contributed by atoms with van der Waals surface area (Å²) in [6.07, 6.45) is 3.97. The monoisotopic (exact) mass is 357 g/mol. The third-order valence-electron chi connectivity index (χ3n) is 6.46. The first kappa shape index (κ1) is 17.8. The van der Waals surface area contributed by atoms with Gasteiger partial charge in [0.2, 0.25) is 0 Å². The Morgan fingerprint density at radius 3 is 2.54 bits per heavy atom. The van der Waals surface area contributed by atoms with Crippen LogP contribution in [0.3, 0.4) is 0 Å². The van der Waals surface area contributed by atoms with Crippen molar-refractivity contribution >= 4 is 6.03 Å². The molecule has 0 bridgehead atoms. The summed E-state index contributed by atoms with van der Waals surface area (Å²) in [5, 5.41) is 2.91. The van der Waals surface area contributed by atoms with E-state index in [1.165, 1.54) is 18.4 Å². The number of carbonyl (C=O) groups is 1. The molecule has 3 aliphatic rings. The van der Waals surface area contributed by atoms with Crippen molar-refractivity contribution in [1.29, 1.82) is 0 Å². The zero-order chi connectivity index (χ0) is 17.9. The van der Waals surface area contributed by atoms with Crippen LogP contribution in [0, 0.1) is 11.8 Å². The lowest BCUT2D eigenvalue weighted by atomic mass is 9.86. The number of fused-ring (bicyclic) bond motifs is 1. The highest BCUT2D eigenvalue weighted by molar-refractivity contribution is 5.74. The van der Waals surface area contributed by atoms with E-state index >= 15 is 0 Å². The molecule has 0 unspecified atom stereocenters. The Labute approximate surface area is 156 Å². The number of nitrogens with zero attached hydrogens (tertiary/aromatic N) is 2. The van der Waals surface area contributed by atoms with Crippen LogP contribution in [-0.4, -0.2) is 61.2 Å². The second kappa shape index (κ2) is 7.97. The lowest BCUT2D eigenvalue weighted by Gasteiger charge is -2.38. The number of amides is 2. The predicted octanol–water partition coefficient (Wildman–Crippen LogP) is 2.89. The van der Waals surface area contributed by atoms with Gasteiger partial charge in [-0.1, -0.05) is 30.3 Å². The Morgan fingerprint density at radius 2 is 1.81 bits per heavy atom. The van der Waals surface area contributed by atoms with Crippen LogP contribution in [0.15, 0.2) is 30.3 Å². The molecule has 1 saturated carbocycles. The predicted molar refractivity (Wildman–Crippen MR) is 102 cm³/mol. The first-order chi connectivity index (χ1) is 12.7. The molecule has 2 heterocycles. The summed E-state index contributed by atoms with van der Waals surface area (Å²) in [4.78, 5) is 16.6. The molecule has 0 aromatic heterocycles. The van der Waals surface area contributed by atoms with Crippen LogP contribution in [0.5, 0.6) is 0 Å². The van der Waals surface area contributed by atoms with Crippen LogP contribution >= 0.6 is 0 Å². The van der Waals surface area contributed by atoms with Crippen LogP contribution in [-0.2, 0) is 4.74 Å². The number of nitrogens with one attached hydrogen (secondary N) is 1. The van der Waals surface area contributed by atoms with Crippen LogP contribution in [0.1, 0.15) is 37.9 Å². The minimum absolute atomic E-state index is 0.0892. The van der Waals surface area contributed by atoms with E-state index in [2.05, 4.69) is 40.5 Å². The third-order valence-corrected chi connectivity index (χ3v) is 6.46. The molecule has 3 fully saturated rings. The highest BCUT2D eigenvalue weighted by Gasteiger charge is 2.42. The maximum Gasteiger partial charge on any atom is 0.317 e. The smallest absolute Gasteiger partial charge is 0.317 e. The fraction of sp³-hybridized carbons (Fsp3) is 0.667. The van der Waals surface area contributed by atoms with Crippen LogP contribution in [0.2, 0.25) is 0 Å². The van der Waals surface area contributed by atoms with Gasteiger partial charge in [0.15, 0.2) is 0 Å². The lowest BCUT2D eigenvalue weighted by molar-refractivity contribution is -0.0384. The topological polar surface area (TPSA) is 44.8 Å². The van der Waals surface area contributed by atoms with Crippen LogP contribution in [0.25, 0.3) is 0 Å². The van der Waals surface area contributed by atoms with Gasteiger partial charge in [0.1, 0.15) is 0 Å². The molecule has 5 nitrogen and oxygen atoms in total. The van der Waals surface area contributed by atoms with Gasteiger partial charge in [-0.05, 0) is 43.6 Å². The number of carbonyl (C=O) groups excluding carboxylic acids is 1. The lowest BCUT2D eigenvalue weighted by Crippen LogP contribution is -2.53. The van der Waals surface area contributed by atoms with Crippen molar-refractivity contribution in [3.05, 3.63) is 35.9 Å². The quantitative estimate of drug-likeness (QED) is 0.905. The number of ether oxygens (including phenoxy) is 1. The van der Waals surface area contributed by atoms with E-state index in [-0.39, 0.29) is 12.1 Å². The maximum absolute atomic E-state index is 12.0. The van der Waals surface area contributed by atoms with E-state index < -0.39 is 0 Å². The first-order valence-electron chi connectivity index (χ1n) is 10.2. The number of urea groups is 1. The Kier molecular flexibility index (Phi) is 5.46. The molecule has 4 rings (SSSR count). The standard InChI is InChI=1S/C21H31N3O2/c1-2-22-21(25)24-10-8-23(9-11-24)19-12-17-14-20(26-15-18(17)13-19)16-6-4-3-5-7-16/h3-7,17-20H,2,8-15H2,1H3,(H,22,25)/t17-,18+,19-,20-/m0/s1. The molecule has 4 atom stereocenters. The second-order valence-electron chi connectivity index (χ2n) is 7.97. The molecule has 1 aliphatic carbocycles. The minimum Gasteiger partial charge on any atom is -0.373 e. The van der Waals surface area contributed by atoms with Crippen molar-refractivity contribution < 1.29 is 9.53 Å². The zero-order valence-electron chi connectivity index (χ0n) is 15.8. The fourth-order valence-electron chi connectivity index (χ4n) is 5.01. The summed E-state index contributed by atoms with van der Waals surface area (Å²) in [6, 6.07) is 11.4. The van der Waals surface area contributed by atoms with E-state index in [1.54, 1.807) is 0 Å². The average Bonchev–Trinajstić information content (AvgIpc) is 3.12. The normalized spacial score (nSPS) is 32.3. The van der Waals surface area contributed by atoms with Crippen molar-refractivity contribution in [1.82, 2.24) is 15.1 Å². The number of benzene rings is 1. The minimum atomic E-state index is 0.0892. The van der Waals surface area contributed by atoms with Gasteiger partial charge in [0.05, 0.1) is 12.7 Å². The summed E-state index contributed by atoms with van der Waals surface area (Å²) in [5.41, 5.74) is 1.32. The molecular formula is C21H31N3O2. The maximum atomic E-state index is 12.0. The molecule has 26 heavy (non-hydrogen) atoms. The number of piperazine rings is 1. The van der Waals surface area contributed by atoms with E-state index in [1.807, 2.05) is 11.8 Å².